The predicted octanol–water partition coefficient (Wildman–Crippen LogP) is 2.83. The fourth-order valence-electron chi connectivity index (χ4n) is 2.24. The van der Waals surface area contributed by atoms with Crippen LogP contribution in [0.15, 0.2) is 54.9 Å². The molecule has 0 fully saturated rings. The van der Waals surface area contributed by atoms with Crippen LogP contribution in [0.3, 0.4) is 0 Å². The molecule has 0 aliphatic heterocycles. The molecule has 3 rings (SSSR count). The van der Waals surface area contributed by atoms with Crippen molar-refractivity contribution in [1.82, 2.24) is 20.2 Å². The van der Waals surface area contributed by atoms with E-state index in [9.17, 15) is 4.79 Å². The van der Waals surface area contributed by atoms with Crippen molar-refractivity contribution in [3.63, 3.8) is 0 Å². The van der Waals surface area contributed by atoms with E-state index in [0.29, 0.717) is 18.2 Å². The Kier molecular flexibility index (Phi) is 4.73. The Morgan fingerprint density at radius 1 is 1.09 bits per heavy atom. The third kappa shape index (κ3) is 4.23. The molecule has 6 heteroatoms. The van der Waals surface area contributed by atoms with Gasteiger partial charge in [0.05, 0.1) is 0 Å². The minimum Gasteiger partial charge on any atom is -0.293 e. The molecule has 1 amide bonds. The number of hydrogen-bond acceptors (Lipinski definition) is 4. The zero-order valence-electron chi connectivity index (χ0n) is 12.6. The Morgan fingerprint density at radius 3 is 2.65 bits per heavy atom. The molecule has 6 nitrogen and oxygen atoms in total. The molecule has 0 spiro atoms. The van der Waals surface area contributed by atoms with Crippen LogP contribution in [0.25, 0.3) is 11.4 Å². The number of rotatable bonds is 6. The van der Waals surface area contributed by atoms with Crippen LogP contribution in [0.4, 0.5) is 5.95 Å². The van der Waals surface area contributed by atoms with Gasteiger partial charge in [-0.2, -0.15) is 4.98 Å². The van der Waals surface area contributed by atoms with Crippen LogP contribution in [-0.2, 0) is 11.2 Å². The lowest BCUT2D eigenvalue weighted by molar-refractivity contribution is -0.116. The number of benzene rings is 1. The standard InChI is InChI=1S/C17H17N5O/c23-15(8-4-7-13-5-2-1-3-6-13)19-17-20-16(21-22-17)14-9-11-18-12-10-14/h1-3,5-6,9-12H,4,7-8H2,(H2,19,20,21,22,23). The van der Waals surface area contributed by atoms with Gasteiger partial charge in [0.2, 0.25) is 11.9 Å². The largest absolute Gasteiger partial charge is 0.293 e. The van der Waals surface area contributed by atoms with E-state index in [4.69, 9.17) is 0 Å². The maximum Gasteiger partial charge on any atom is 0.249 e. The zero-order chi connectivity index (χ0) is 15.9. The second-order valence-corrected chi connectivity index (χ2v) is 5.13. The Labute approximate surface area is 134 Å². The number of carbonyl (C=O) groups excluding carboxylic acids is 1. The van der Waals surface area contributed by atoms with Gasteiger partial charge in [-0.15, -0.1) is 5.10 Å². The average Bonchev–Trinajstić information content (AvgIpc) is 3.05. The van der Waals surface area contributed by atoms with Crippen LogP contribution in [0.2, 0.25) is 0 Å². The zero-order valence-corrected chi connectivity index (χ0v) is 12.6. The number of H-pyrrole nitrogens is 1. The molecule has 2 N–H and O–H groups in total. The van der Waals surface area contributed by atoms with Gasteiger partial charge >= 0.3 is 0 Å². The molecular formula is C17H17N5O. The van der Waals surface area contributed by atoms with Gasteiger partial charge in [-0.05, 0) is 30.5 Å². The summed E-state index contributed by atoms with van der Waals surface area (Å²) in [5.74, 6) is 0.815. The Morgan fingerprint density at radius 2 is 1.87 bits per heavy atom. The van der Waals surface area contributed by atoms with E-state index >= 15 is 0 Å². The lowest BCUT2D eigenvalue weighted by Crippen LogP contribution is -2.12. The van der Waals surface area contributed by atoms with E-state index in [1.54, 1.807) is 12.4 Å². The number of anilines is 1. The second kappa shape index (κ2) is 7.31. The molecule has 116 valence electrons. The maximum absolute atomic E-state index is 11.9. The number of aryl methyl sites for hydroxylation is 1. The lowest BCUT2D eigenvalue weighted by atomic mass is 10.1. The first-order valence-corrected chi connectivity index (χ1v) is 7.48. The normalized spacial score (nSPS) is 10.4. The molecule has 0 aliphatic carbocycles. The molecule has 2 heterocycles. The number of hydrogen-bond donors (Lipinski definition) is 2. The summed E-state index contributed by atoms with van der Waals surface area (Å²) in [5, 5.41) is 9.53. The predicted molar refractivity (Wildman–Crippen MR) is 87.6 cm³/mol. The fraction of sp³-hybridized carbons (Fsp3) is 0.176. The molecule has 2 aromatic heterocycles. The van der Waals surface area contributed by atoms with E-state index in [0.717, 1.165) is 18.4 Å². The second-order valence-electron chi connectivity index (χ2n) is 5.13. The Bertz CT molecular complexity index is 755. The van der Waals surface area contributed by atoms with Crippen LogP contribution in [-0.4, -0.2) is 26.1 Å². The van der Waals surface area contributed by atoms with Crippen molar-refractivity contribution in [3.8, 4) is 11.4 Å². The van der Waals surface area contributed by atoms with E-state index < -0.39 is 0 Å². The van der Waals surface area contributed by atoms with Gasteiger partial charge in [0.15, 0.2) is 5.82 Å². The summed E-state index contributed by atoms with van der Waals surface area (Å²) in [7, 11) is 0. The van der Waals surface area contributed by atoms with Crippen molar-refractivity contribution in [2.75, 3.05) is 5.32 Å². The first kappa shape index (κ1) is 14.9. The molecule has 0 aliphatic rings. The first-order valence-electron chi connectivity index (χ1n) is 7.48. The smallest absolute Gasteiger partial charge is 0.249 e. The van der Waals surface area contributed by atoms with E-state index in [1.807, 2.05) is 30.3 Å². The van der Waals surface area contributed by atoms with E-state index in [2.05, 4.69) is 37.6 Å². The highest BCUT2D eigenvalue weighted by Gasteiger charge is 2.08. The quantitative estimate of drug-likeness (QED) is 0.733. The van der Waals surface area contributed by atoms with Crippen molar-refractivity contribution in [2.45, 2.75) is 19.3 Å². The van der Waals surface area contributed by atoms with E-state index in [1.165, 1.54) is 5.56 Å². The number of pyridine rings is 1. The van der Waals surface area contributed by atoms with E-state index in [-0.39, 0.29) is 5.91 Å². The van der Waals surface area contributed by atoms with Crippen LogP contribution in [0.1, 0.15) is 18.4 Å². The van der Waals surface area contributed by atoms with Crippen molar-refractivity contribution < 1.29 is 4.79 Å². The summed E-state index contributed by atoms with van der Waals surface area (Å²) < 4.78 is 0. The summed E-state index contributed by atoms with van der Waals surface area (Å²) in [6.45, 7) is 0. The van der Waals surface area contributed by atoms with Gasteiger partial charge in [0.25, 0.3) is 0 Å². The average molecular weight is 307 g/mol. The minimum atomic E-state index is -0.0822. The molecule has 0 unspecified atom stereocenters. The maximum atomic E-state index is 11.9. The van der Waals surface area contributed by atoms with Gasteiger partial charge in [-0.1, -0.05) is 30.3 Å². The number of amides is 1. The number of nitrogens with one attached hydrogen (secondary N) is 2. The topological polar surface area (TPSA) is 83.6 Å². The van der Waals surface area contributed by atoms with Gasteiger partial charge in [0, 0.05) is 24.4 Å². The van der Waals surface area contributed by atoms with Crippen LogP contribution >= 0.6 is 0 Å². The Balaban J connectivity index is 1.49. The van der Waals surface area contributed by atoms with Crippen molar-refractivity contribution >= 4 is 11.9 Å². The number of aromatic nitrogens is 4. The monoisotopic (exact) mass is 307 g/mol. The van der Waals surface area contributed by atoms with Crippen LogP contribution < -0.4 is 5.32 Å². The molecule has 3 aromatic rings. The molecule has 0 saturated carbocycles. The molecule has 0 bridgehead atoms. The molecule has 0 saturated heterocycles. The highest BCUT2D eigenvalue weighted by molar-refractivity contribution is 5.89. The van der Waals surface area contributed by atoms with Crippen molar-refractivity contribution in [2.24, 2.45) is 0 Å². The molecular weight excluding hydrogens is 290 g/mol. The highest BCUT2D eigenvalue weighted by Crippen LogP contribution is 2.14. The molecule has 0 atom stereocenters. The summed E-state index contributed by atoms with van der Waals surface area (Å²) in [6, 6.07) is 13.8. The highest BCUT2D eigenvalue weighted by atomic mass is 16.1. The molecule has 23 heavy (non-hydrogen) atoms. The minimum absolute atomic E-state index is 0.0822. The molecule has 0 radical (unpaired) electrons. The molecule has 1 aromatic carbocycles. The number of carbonyl (C=O) groups is 1. The van der Waals surface area contributed by atoms with Gasteiger partial charge < -0.3 is 0 Å². The number of nitrogens with zero attached hydrogens (tertiary/aromatic N) is 3. The summed E-state index contributed by atoms with van der Waals surface area (Å²) in [5.41, 5.74) is 2.11. The third-order valence-electron chi connectivity index (χ3n) is 3.40. The first-order chi connectivity index (χ1) is 11.3. The van der Waals surface area contributed by atoms with Gasteiger partial charge in [-0.25, -0.2) is 0 Å². The number of aromatic amines is 1. The van der Waals surface area contributed by atoms with Gasteiger partial charge in [0.1, 0.15) is 0 Å². The lowest BCUT2D eigenvalue weighted by Gasteiger charge is -2.01. The fourth-order valence-corrected chi connectivity index (χ4v) is 2.24. The third-order valence-corrected chi connectivity index (χ3v) is 3.40. The van der Waals surface area contributed by atoms with Crippen molar-refractivity contribution in [3.05, 3.63) is 60.4 Å². The SMILES string of the molecule is O=C(CCCc1ccccc1)Nc1n[nH]c(-c2ccncc2)n1. The van der Waals surface area contributed by atoms with Crippen LogP contribution in [0, 0.1) is 0 Å². The summed E-state index contributed by atoms with van der Waals surface area (Å²) in [6.07, 6.45) is 5.47. The van der Waals surface area contributed by atoms with Crippen LogP contribution in [0.5, 0.6) is 0 Å². The van der Waals surface area contributed by atoms with Crippen molar-refractivity contribution in [1.29, 1.82) is 0 Å². The summed E-state index contributed by atoms with van der Waals surface area (Å²) in [4.78, 5) is 20.1. The van der Waals surface area contributed by atoms with Gasteiger partial charge in [-0.3, -0.25) is 20.2 Å². The Hall–Kier alpha value is -3.02. The summed E-state index contributed by atoms with van der Waals surface area (Å²) >= 11 is 0.